The molecule has 1 aromatic heterocycles. The summed E-state index contributed by atoms with van der Waals surface area (Å²) in [4.78, 5) is 36.6. The number of carbonyl (C=O) groups is 3. The summed E-state index contributed by atoms with van der Waals surface area (Å²) in [5.74, 6) is -2.15. The molecule has 0 saturated heterocycles. The number of hydrogen-bond acceptors (Lipinski definition) is 5. The molecule has 2 aromatic rings. The van der Waals surface area contributed by atoms with E-state index in [-0.39, 0.29) is 48.1 Å². The quantitative estimate of drug-likeness (QED) is 0.853. The molecule has 0 aliphatic carbocycles. The predicted molar refractivity (Wildman–Crippen MR) is 86.9 cm³/mol. The average Bonchev–Trinajstić information content (AvgIpc) is 2.75. The maximum Gasteiger partial charge on any atom is 0.341 e. The van der Waals surface area contributed by atoms with Crippen LogP contribution in [0.2, 0.25) is 0 Å². The van der Waals surface area contributed by atoms with Crippen molar-refractivity contribution >= 4 is 17.7 Å². The second kappa shape index (κ2) is 6.43. The Hall–Kier alpha value is -3.09. The summed E-state index contributed by atoms with van der Waals surface area (Å²) in [6.07, 6.45) is -0.253. The number of benzene rings is 1. The van der Waals surface area contributed by atoms with Gasteiger partial charge in [-0.3, -0.25) is 9.59 Å². The highest BCUT2D eigenvalue weighted by Gasteiger charge is 2.34. The molecule has 0 atom stereocenters. The lowest BCUT2D eigenvalue weighted by Crippen LogP contribution is -2.15. The van der Waals surface area contributed by atoms with Crippen LogP contribution in [0.1, 0.15) is 44.6 Å². The number of aromatic carboxylic acids is 1. The normalized spacial score (nSPS) is 12.6. The van der Waals surface area contributed by atoms with Gasteiger partial charge in [-0.25, -0.2) is 4.79 Å². The van der Waals surface area contributed by atoms with E-state index in [9.17, 15) is 19.5 Å². The zero-order valence-corrected chi connectivity index (χ0v) is 13.9. The number of fused-ring (bicyclic) bond motifs is 2. The number of rotatable bonds is 4. The molecular formula is C18H17NO6. The number of ether oxygens (including phenoxy) is 2. The van der Waals surface area contributed by atoms with Gasteiger partial charge in [-0.1, -0.05) is 24.3 Å². The van der Waals surface area contributed by atoms with Gasteiger partial charge in [0.25, 0.3) is 0 Å². The number of nitrogens with zero attached hydrogens (tertiary/aromatic N) is 1. The molecule has 1 N–H and O–H groups in total. The third-order valence-electron chi connectivity index (χ3n) is 4.15. The van der Waals surface area contributed by atoms with Crippen molar-refractivity contribution < 1.29 is 29.0 Å². The van der Waals surface area contributed by atoms with Crippen LogP contribution in [0, 0.1) is 0 Å². The number of aromatic nitrogens is 1. The molecule has 0 radical (unpaired) electrons. The highest BCUT2D eigenvalue weighted by atomic mass is 16.5. The summed E-state index contributed by atoms with van der Waals surface area (Å²) in [6.45, 7) is 1.94. The molecular weight excluding hydrogens is 326 g/mol. The zero-order chi connectivity index (χ0) is 18.1. The first-order valence-electron chi connectivity index (χ1n) is 7.81. The fraction of sp³-hybridized carbons (Fsp3) is 0.278. The Kier molecular flexibility index (Phi) is 4.31. The highest BCUT2D eigenvalue weighted by molar-refractivity contribution is 6.13. The molecule has 0 fully saturated rings. The van der Waals surface area contributed by atoms with Gasteiger partial charge in [-0.05, 0) is 6.92 Å². The maximum absolute atomic E-state index is 12.9. The van der Waals surface area contributed by atoms with Crippen LogP contribution in [0.4, 0.5) is 0 Å². The average molecular weight is 343 g/mol. The number of hydrogen-bond donors (Lipinski definition) is 1. The summed E-state index contributed by atoms with van der Waals surface area (Å²) in [5, 5.41) is 9.62. The summed E-state index contributed by atoms with van der Waals surface area (Å²) >= 11 is 0. The Morgan fingerprint density at radius 1 is 1.32 bits per heavy atom. The molecule has 0 saturated carbocycles. The number of carboxylic acid groups (broad SMARTS) is 1. The topological polar surface area (TPSA) is 94.8 Å². The van der Waals surface area contributed by atoms with Gasteiger partial charge in [0.05, 0.1) is 13.0 Å². The molecule has 0 amide bonds. The van der Waals surface area contributed by atoms with Crippen LogP contribution in [0.3, 0.4) is 0 Å². The lowest BCUT2D eigenvalue weighted by atomic mass is 10.0. The van der Waals surface area contributed by atoms with Crippen molar-refractivity contribution in [3.05, 3.63) is 52.3 Å². The monoisotopic (exact) mass is 343 g/mol. The molecule has 3 rings (SSSR count). The lowest BCUT2D eigenvalue weighted by molar-refractivity contribution is -0.142. The molecule has 0 unspecified atom stereocenters. The minimum atomic E-state index is -1.25. The van der Waals surface area contributed by atoms with Gasteiger partial charge < -0.3 is 19.1 Å². The summed E-state index contributed by atoms with van der Waals surface area (Å²) in [5.41, 5.74) is 1.28. The van der Waals surface area contributed by atoms with Crippen molar-refractivity contribution in [2.24, 2.45) is 7.05 Å². The molecule has 0 bridgehead atoms. The van der Waals surface area contributed by atoms with Crippen LogP contribution in [0.15, 0.2) is 24.3 Å². The largest absolute Gasteiger partial charge is 0.486 e. The van der Waals surface area contributed by atoms with Gasteiger partial charge in [0.2, 0.25) is 5.78 Å². The fourth-order valence-corrected chi connectivity index (χ4v) is 3.02. The Bertz CT molecular complexity index is 880. The van der Waals surface area contributed by atoms with E-state index in [0.29, 0.717) is 11.1 Å². The van der Waals surface area contributed by atoms with Crippen LogP contribution in [-0.4, -0.2) is 34.0 Å². The zero-order valence-electron chi connectivity index (χ0n) is 13.9. The molecule has 0 spiro atoms. The van der Waals surface area contributed by atoms with Crippen molar-refractivity contribution in [2.45, 2.75) is 20.0 Å². The Labute approximate surface area is 143 Å². The lowest BCUT2D eigenvalue weighted by Gasteiger charge is -2.08. The Balaban J connectivity index is 2.17. The summed E-state index contributed by atoms with van der Waals surface area (Å²) in [7, 11) is 1.55. The van der Waals surface area contributed by atoms with E-state index in [0.717, 1.165) is 0 Å². The summed E-state index contributed by atoms with van der Waals surface area (Å²) in [6, 6.07) is 6.96. The van der Waals surface area contributed by atoms with E-state index in [4.69, 9.17) is 9.47 Å². The van der Waals surface area contributed by atoms with Crippen molar-refractivity contribution in [3.8, 4) is 5.75 Å². The van der Waals surface area contributed by atoms with Crippen LogP contribution in [0.5, 0.6) is 5.75 Å². The van der Waals surface area contributed by atoms with E-state index in [1.807, 2.05) is 0 Å². The maximum atomic E-state index is 12.9. The minimum absolute atomic E-state index is 0.00417. The van der Waals surface area contributed by atoms with Gasteiger partial charge in [0, 0.05) is 23.9 Å². The molecule has 7 heteroatoms. The van der Waals surface area contributed by atoms with Crippen molar-refractivity contribution in [3.63, 3.8) is 0 Å². The first-order chi connectivity index (χ1) is 12.0. The smallest absolute Gasteiger partial charge is 0.341 e. The molecule has 2 heterocycles. The molecule has 1 aliphatic heterocycles. The molecule has 25 heavy (non-hydrogen) atoms. The number of ketones is 1. The fourth-order valence-electron chi connectivity index (χ4n) is 3.02. The number of carboxylic acids is 1. The van der Waals surface area contributed by atoms with Crippen LogP contribution >= 0.6 is 0 Å². The van der Waals surface area contributed by atoms with Gasteiger partial charge >= 0.3 is 11.9 Å². The second-order valence-electron chi connectivity index (χ2n) is 5.62. The number of esters is 1. The van der Waals surface area contributed by atoms with E-state index in [1.165, 1.54) is 4.57 Å². The first-order valence-corrected chi connectivity index (χ1v) is 7.81. The third-order valence-corrected chi connectivity index (χ3v) is 4.15. The van der Waals surface area contributed by atoms with Gasteiger partial charge in [-0.15, -0.1) is 0 Å². The van der Waals surface area contributed by atoms with Crippen molar-refractivity contribution in [1.82, 2.24) is 4.57 Å². The van der Waals surface area contributed by atoms with E-state index < -0.39 is 11.9 Å². The first kappa shape index (κ1) is 16.8. The van der Waals surface area contributed by atoms with E-state index in [2.05, 4.69) is 0 Å². The van der Waals surface area contributed by atoms with Crippen molar-refractivity contribution in [2.75, 3.05) is 6.61 Å². The third kappa shape index (κ3) is 2.77. The SMILES string of the molecule is CCOC(=O)Cc1c(C(=O)O)c2c(n1C)C(=O)c1ccccc1CO2. The Morgan fingerprint density at radius 2 is 2.04 bits per heavy atom. The molecule has 7 nitrogen and oxygen atoms in total. The van der Waals surface area contributed by atoms with Crippen LogP contribution in [0.25, 0.3) is 0 Å². The molecule has 1 aromatic carbocycles. The minimum Gasteiger partial charge on any atom is -0.486 e. The molecule has 1 aliphatic rings. The van der Waals surface area contributed by atoms with Gasteiger partial charge in [-0.2, -0.15) is 0 Å². The van der Waals surface area contributed by atoms with E-state index in [1.54, 1.807) is 38.2 Å². The van der Waals surface area contributed by atoms with Crippen molar-refractivity contribution in [1.29, 1.82) is 0 Å². The van der Waals surface area contributed by atoms with Gasteiger partial charge in [0.15, 0.2) is 5.75 Å². The molecule has 130 valence electrons. The summed E-state index contributed by atoms with van der Waals surface area (Å²) < 4.78 is 12.0. The predicted octanol–water partition coefficient (Wildman–Crippen LogP) is 1.95. The van der Waals surface area contributed by atoms with E-state index >= 15 is 0 Å². The highest BCUT2D eigenvalue weighted by Crippen LogP contribution is 2.36. The standard InChI is InChI=1S/C18H17NO6/c1-3-24-13(20)8-12-14(18(22)23)17-15(19(12)2)16(21)11-7-5-4-6-10(11)9-25-17/h4-7H,3,8-9H2,1-2H3,(H,22,23). The second-order valence-corrected chi connectivity index (χ2v) is 5.62. The number of carbonyl (C=O) groups excluding carboxylic acids is 2. The van der Waals surface area contributed by atoms with Crippen LogP contribution < -0.4 is 4.74 Å². The van der Waals surface area contributed by atoms with Gasteiger partial charge in [0.1, 0.15) is 17.9 Å². The van der Waals surface area contributed by atoms with Crippen LogP contribution in [-0.2, 0) is 29.6 Å². The Morgan fingerprint density at radius 3 is 2.72 bits per heavy atom.